The van der Waals surface area contributed by atoms with Crippen molar-refractivity contribution in [3.63, 3.8) is 0 Å². The lowest BCUT2D eigenvalue weighted by molar-refractivity contribution is -0.136. The average Bonchev–Trinajstić information content (AvgIpc) is 2.59. The van der Waals surface area contributed by atoms with Crippen molar-refractivity contribution in [1.82, 2.24) is 0 Å². The summed E-state index contributed by atoms with van der Waals surface area (Å²) in [5.74, 6) is 0.615. The third-order valence-corrected chi connectivity index (χ3v) is 6.18. The largest absolute Gasteiger partial charge is 0.467 e. The summed E-state index contributed by atoms with van der Waals surface area (Å²) in [6.45, 7) is 14.2. The van der Waals surface area contributed by atoms with Gasteiger partial charge in [-0.3, -0.25) is 0 Å². The summed E-state index contributed by atoms with van der Waals surface area (Å²) in [5, 5.41) is 1.03. The molecule has 0 spiro atoms. The fourth-order valence-corrected chi connectivity index (χ4v) is 4.49. The molecule has 166 valence electrons. The molecule has 2 aromatic rings. The number of alkyl halides is 3. The van der Waals surface area contributed by atoms with Crippen molar-refractivity contribution < 1.29 is 22.6 Å². The van der Waals surface area contributed by atoms with Gasteiger partial charge < -0.3 is 9.47 Å². The Morgan fingerprint density at radius 3 is 1.97 bits per heavy atom. The third-order valence-electron chi connectivity index (χ3n) is 4.83. The van der Waals surface area contributed by atoms with E-state index in [-0.39, 0.29) is 31.5 Å². The average molecular weight is 440 g/mol. The molecule has 0 amide bonds. The molecule has 0 aliphatic carbocycles. The van der Waals surface area contributed by atoms with Gasteiger partial charge in [0.2, 0.25) is 0 Å². The number of methoxy groups -OCH3 is 1. The Bertz CT molecular complexity index is 891. The standard InChI is InChI=1S/C24H32F3O2P/c1-15-9-10-19(17(11-15)24(25,26)27)30-20-13-16(22(2,3)4)12-18(23(5,6)7)21(20)29-14-28-8/h9-13,30H,14H2,1-8H3. The molecule has 0 aliphatic rings. The number of ether oxygens (including phenoxy) is 2. The minimum atomic E-state index is -4.41. The molecule has 1 atom stereocenters. The van der Waals surface area contributed by atoms with Crippen molar-refractivity contribution in [2.45, 2.75) is 65.5 Å². The van der Waals surface area contributed by atoms with E-state index >= 15 is 0 Å². The topological polar surface area (TPSA) is 18.5 Å². The zero-order chi connectivity index (χ0) is 22.9. The van der Waals surface area contributed by atoms with Gasteiger partial charge in [0, 0.05) is 18.0 Å². The second kappa shape index (κ2) is 8.88. The van der Waals surface area contributed by atoms with E-state index in [1.165, 1.54) is 13.2 Å². The first kappa shape index (κ1) is 24.7. The van der Waals surface area contributed by atoms with Gasteiger partial charge in [-0.15, -0.1) is 0 Å². The molecule has 2 nitrogen and oxygen atoms in total. The third kappa shape index (κ3) is 5.98. The Kier molecular flexibility index (Phi) is 7.31. The van der Waals surface area contributed by atoms with Gasteiger partial charge in [0.15, 0.2) is 6.79 Å². The molecule has 6 heteroatoms. The molecule has 0 heterocycles. The highest BCUT2D eigenvalue weighted by Gasteiger charge is 2.34. The number of hydrogen-bond donors (Lipinski definition) is 0. The van der Waals surface area contributed by atoms with E-state index in [1.54, 1.807) is 19.1 Å². The van der Waals surface area contributed by atoms with Crippen LogP contribution in [0.15, 0.2) is 30.3 Å². The van der Waals surface area contributed by atoms with Crippen LogP contribution < -0.4 is 15.3 Å². The van der Waals surface area contributed by atoms with Crippen molar-refractivity contribution in [2.75, 3.05) is 13.9 Å². The smallest absolute Gasteiger partial charge is 0.417 e. The van der Waals surface area contributed by atoms with Crippen LogP contribution in [-0.2, 0) is 21.7 Å². The highest BCUT2D eigenvalue weighted by atomic mass is 31.1. The second-order valence-electron chi connectivity index (χ2n) is 9.62. The second-order valence-corrected chi connectivity index (χ2v) is 11.0. The molecular formula is C24H32F3O2P. The Morgan fingerprint density at radius 2 is 1.47 bits per heavy atom. The van der Waals surface area contributed by atoms with Gasteiger partial charge in [-0.05, 0) is 40.8 Å². The molecule has 1 unspecified atom stereocenters. The number of rotatable bonds is 5. The lowest BCUT2D eigenvalue weighted by Gasteiger charge is -2.29. The quantitative estimate of drug-likeness (QED) is 0.406. The molecule has 2 rings (SSSR count). The van der Waals surface area contributed by atoms with Gasteiger partial charge in [0.1, 0.15) is 5.75 Å². The summed E-state index contributed by atoms with van der Waals surface area (Å²) in [4.78, 5) is 0. The summed E-state index contributed by atoms with van der Waals surface area (Å²) < 4.78 is 52.2. The zero-order valence-corrected chi connectivity index (χ0v) is 20.0. The van der Waals surface area contributed by atoms with Crippen LogP contribution in [0.25, 0.3) is 0 Å². The van der Waals surface area contributed by atoms with Crippen LogP contribution in [0.4, 0.5) is 13.2 Å². The van der Waals surface area contributed by atoms with Crippen LogP contribution in [0.1, 0.15) is 63.8 Å². The van der Waals surface area contributed by atoms with Crippen LogP contribution in [-0.4, -0.2) is 13.9 Å². The van der Waals surface area contributed by atoms with Crippen molar-refractivity contribution in [1.29, 1.82) is 0 Å². The maximum absolute atomic E-state index is 13.7. The summed E-state index contributed by atoms with van der Waals surface area (Å²) in [5.41, 5.74) is 1.64. The molecular weight excluding hydrogens is 408 g/mol. The van der Waals surface area contributed by atoms with E-state index < -0.39 is 11.7 Å². The SMILES string of the molecule is COCOc1c(Pc2ccc(C)cc2C(F)(F)F)cc(C(C)(C)C)cc1C(C)(C)C. The van der Waals surface area contributed by atoms with Crippen molar-refractivity contribution >= 4 is 19.2 Å². The number of hydrogen-bond acceptors (Lipinski definition) is 2. The minimum Gasteiger partial charge on any atom is -0.467 e. The maximum Gasteiger partial charge on any atom is 0.417 e. The molecule has 0 bridgehead atoms. The van der Waals surface area contributed by atoms with Gasteiger partial charge in [-0.2, -0.15) is 13.2 Å². The van der Waals surface area contributed by atoms with Crippen LogP contribution in [0.5, 0.6) is 5.75 Å². The molecule has 0 saturated heterocycles. The summed E-state index contributed by atoms with van der Waals surface area (Å²) in [6.07, 6.45) is -4.41. The first-order chi connectivity index (χ1) is 13.6. The van der Waals surface area contributed by atoms with Crippen LogP contribution in [0.3, 0.4) is 0 Å². The van der Waals surface area contributed by atoms with Gasteiger partial charge >= 0.3 is 6.18 Å². The molecule has 2 aromatic carbocycles. The van der Waals surface area contributed by atoms with E-state index in [0.29, 0.717) is 11.3 Å². The lowest BCUT2D eigenvalue weighted by Crippen LogP contribution is -2.25. The fourth-order valence-electron chi connectivity index (χ4n) is 3.13. The molecule has 0 aromatic heterocycles. The molecule has 0 N–H and O–H groups in total. The van der Waals surface area contributed by atoms with E-state index in [0.717, 1.165) is 16.4 Å². The van der Waals surface area contributed by atoms with E-state index in [9.17, 15) is 13.2 Å². The van der Waals surface area contributed by atoms with E-state index in [1.807, 2.05) is 6.07 Å². The summed E-state index contributed by atoms with van der Waals surface area (Å²) in [6, 6.07) is 8.62. The lowest BCUT2D eigenvalue weighted by atomic mass is 9.80. The Morgan fingerprint density at radius 1 is 0.833 bits per heavy atom. The molecule has 0 saturated carbocycles. The van der Waals surface area contributed by atoms with Gasteiger partial charge in [0.05, 0.1) is 5.56 Å². The Hall–Kier alpha value is -1.58. The highest BCUT2D eigenvalue weighted by molar-refractivity contribution is 7.55. The predicted octanol–water partition coefficient (Wildman–Crippen LogP) is 6.22. The van der Waals surface area contributed by atoms with Gasteiger partial charge in [-0.25, -0.2) is 0 Å². The first-order valence-electron chi connectivity index (χ1n) is 9.90. The highest BCUT2D eigenvalue weighted by Crippen LogP contribution is 2.39. The first-order valence-corrected chi connectivity index (χ1v) is 10.9. The van der Waals surface area contributed by atoms with Crippen molar-refractivity contribution in [3.8, 4) is 5.75 Å². The van der Waals surface area contributed by atoms with Crippen LogP contribution >= 0.6 is 8.58 Å². The van der Waals surface area contributed by atoms with Crippen molar-refractivity contribution in [3.05, 3.63) is 52.6 Å². The number of aryl methyl sites for hydroxylation is 1. The van der Waals surface area contributed by atoms with Gasteiger partial charge in [0.25, 0.3) is 0 Å². The van der Waals surface area contributed by atoms with Gasteiger partial charge in [-0.1, -0.05) is 73.9 Å². The maximum atomic E-state index is 13.7. The summed E-state index contributed by atoms with van der Waals surface area (Å²) in [7, 11) is 1.34. The van der Waals surface area contributed by atoms with Crippen molar-refractivity contribution in [2.24, 2.45) is 0 Å². The monoisotopic (exact) mass is 440 g/mol. The molecule has 0 aliphatic heterocycles. The molecule has 30 heavy (non-hydrogen) atoms. The molecule has 0 radical (unpaired) electrons. The predicted molar refractivity (Wildman–Crippen MR) is 120 cm³/mol. The zero-order valence-electron chi connectivity index (χ0n) is 19.0. The van der Waals surface area contributed by atoms with E-state index in [2.05, 4.69) is 47.6 Å². The minimum absolute atomic E-state index is 0.0372. The fraction of sp³-hybridized carbons (Fsp3) is 0.500. The summed E-state index contributed by atoms with van der Waals surface area (Å²) >= 11 is 0. The number of benzene rings is 2. The van der Waals surface area contributed by atoms with E-state index in [4.69, 9.17) is 9.47 Å². The van der Waals surface area contributed by atoms with Crippen LogP contribution in [0.2, 0.25) is 0 Å². The van der Waals surface area contributed by atoms with Crippen LogP contribution in [0, 0.1) is 6.92 Å². The Labute approximate surface area is 180 Å². The molecule has 0 fully saturated rings. The normalized spacial score (nSPS) is 13.3. The number of halogens is 3. The Balaban J connectivity index is 2.75.